The van der Waals surface area contributed by atoms with Crippen LogP contribution in [0.3, 0.4) is 0 Å². The van der Waals surface area contributed by atoms with Gasteiger partial charge in [0.1, 0.15) is 17.0 Å². The maximum Gasteiger partial charge on any atom is 0.274 e. The molecule has 0 bridgehead atoms. The molecule has 9 heteroatoms. The number of fused-ring (bicyclic) bond motifs is 1. The first-order chi connectivity index (χ1) is 15.7. The number of nitrogens with zero attached hydrogens (tertiary/aromatic N) is 2. The van der Waals surface area contributed by atoms with Gasteiger partial charge in [0.15, 0.2) is 0 Å². The van der Waals surface area contributed by atoms with E-state index >= 15 is 0 Å². The van der Waals surface area contributed by atoms with Crippen LogP contribution in [-0.4, -0.2) is 20.4 Å². The number of pyridine rings is 1. The second-order valence-corrected chi connectivity index (χ2v) is 7.93. The zero-order chi connectivity index (χ0) is 23.7. The SMILES string of the molecule is CC(C)C(=O)Nc1ccc(Oc2ccc([N+](=O)[O-])cc2-c2cn(C)c(=O)c3[nH]ccc23)cc1. The van der Waals surface area contributed by atoms with Crippen LogP contribution in [0.1, 0.15) is 13.8 Å². The molecule has 168 valence electrons. The minimum Gasteiger partial charge on any atom is -0.457 e. The number of rotatable bonds is 6. The maximum absolute atomic E-state index is 12.4. The highest BCUT2D eigenvalue weighted by Gasteiger charge is 2.18. The van der Waals surface area contributed by atoms with Crippen molar-refractivity contribution in [2.24, 2.45) is 13.0 Å². The Morgan fingerprint density at radius 3 is 2.52 bits per heavy atom. The topological polar surface area (TPSA) is 119 Å². The molecule has 0 radical (unpaired) electrons. The fourth-order valence-electron chi connectivity index (χ4n) is 3.43. The number of hydrogen-bond acceptors (Lipinski definition) is 5. The molecule has 0 spiro atoms. The van der Waals surface area contributed by atoms with Gasteiger partial charge in [0.25, 0.3) is 11.2 Å². The molecule has 0 saturated heterocycles. The average Bonchev–Trinajstić information content (AvgIpc) is 3.28. The van der Waals surface area contributed by atoms with Crippen LogP contribution in [0.4, 0.5) is 11.4 Å². The van der Waals surface area contributed by atoms with Crippen LogP contribution >= 0.6 is 0 Å². The minimum atomic E-state index is -0.476. The number of aryl methyl sites for hydroxylation is 1. The van der Waals surface area contributed by atoms with Gasteiger partial charge < -0.3 is 19.6 Å². The van der Waals surface area contributed by atoms with Crippen LogP contribution < -0.4 is 15.6 Å². The quantitative estimate of drug-likeness (QED) is 0.325. The Bertz CT molecular complexity index is 1420. The van der Waals surface area contributed by atoms with Gasteiger partial charge in [-0.1, -0.05) is 13.8 Å². The summed E-state index contributed by atoms with van der Waals surface area (Å²) in [6, 6.07) is 12.9. The molecular weight excluding hydrogens is 424 g/mol. The van der Waals surface area contributed by atoms with Crippen LogP contribution in [0, 0.1) is 16.0 Å². The molecule has 0 atom stereocenters. The van der Waals surface area contributed by atoms with E-state index in [4.69, 9.17) is 4.74 Å². The molecule has 0 unspecified atom stereocenters. The third-order valence-electron chi connectivity index (χ3n) is 5.23. The lowest BCUT2D eigenvalue weighted by Gasteiger charge is -2.14. The highest BCUT2D eigenvalue weighted by molar-refractivity contribution is 5.96. The third kappa shape index (κ3) is 4.33. The van der Waals surface area contributed by atoms with E-state index in [-0.39, 0.29) is 23.1 Å². The molecule has 0 saturated carbocycles. The second-order valence-electron chi connectivity index (χ2n) is 7.93. The predicted octanol–water partition coefficient (Wildman–Crippen LogP) is 4.83. The summed E-state index contributed by atoms with van der Waals surface area (Å²) < 4.78 is 7.49. The number of carbonyl (C=O) groups excluding carboxylic acids is 1. The number of aromatic amines is 1. The first-order valence-electron chi connectivity index (χ1n) is 10.3. The van der Waals surface area contributed by atoms with Gasteiger partial charge in [-0.3, -0.25) is 19.7 Å². The molecule has 4 aromatic rings. The number of nitro groups is 1. The monoisotopic (exact) mass is 446 g/mol. The van der Waals surface area contributed by atoms with Crippen molar-refractivity contribution in [2.45, 2.75) is 13.8 Å². The van der Waals surface area contributed by atoms with E-state index in [2.05, 4.69) is 10.3 Å². The van der Waals surface area contributed by atoms with Gasteiger partial charge in [-0.25, -0.2) is 0 Å². The number of amides is 1. The molecule has 0 aliphatic carbocycles. The van der Waals surface area contributed by atoms with E-state index in [1.807, 2.05) is 13.8 Å². The second kappa shape index (κ2) is 8.62. The van der Waals surface area contributed by atoms with Crippen LogP contribution in [0.15, 0.2) is 65.7 Å². The normalized spacial score (nSPS) is 11.0. The zero-order valence-corrected chi connectivity index (χ0v) is 18.3. The van der Waals surface area contributed by atoms with Gasteiger partial charge in [-0.2, -0.15) is 0 Å². The summed E-state index contributed by atoms with van der Waals surface area (Å²) in [5.74, 6) is 0.644. The molecular formula is C24H22N4O5. The number of carbonyl (C=O) groups is 1. The zero-order valence-electron chi connectivity index (χ0n) is 18.3. The van der Waals surface area contributed by atoms with E-state index in [1.165, 1.54) is 22.8 Å². The summed E-state index contributed by atoms with van der Waals surface area (Å²) in [7, 11) is 1.62. The van der Waals surface area contributed by atoms with Gasteiger partial charge >= 0.3 is 0 Å². The summed E-state index contributed by atoms with van der Waals surface area (Å²) in [5.41, 5.74) is 1.83. The Morgan fingerprint density at radius 2 is 1.85 bits per heavy atom. The summed E-state index contributed by atoms with van der Waals surface area (Å²) in [4.78, 5) is 38.2. The highest BCUT2D eigenvalue weighted by atomic mass is 16.6. The molecule has 33 heavy (non-hydrogen) atoms. The lowest BCUT2D eigenvalue weighted by atomic mass is 10.0. The Kier molecular flexibility index (Phi) is 5.70. The molecule has 1 amide bonds. The van der Waals surface area contributed by atoms with Crippen LogP contribution in [-0.2, 0) is 11.8 Å². The van der Waals surface area contributed by atoms with Gasteiger partial charge in [-0.15, -0.1) is 0 Å². The standard InChI is InChI=1S/C24H22N4O5/c1-14(2)23(29)26-15-4-7-17(8-5-15)33-21-9-6-16(28(31)32)12-19(21)20-13-27(3)24(30)22-18(20)10-11-25-22/h4-14,25H,1-3H3,(H,26,29). The molecule has 0 fully saturated rings. The summed E-state index contributed by atoms with van der Waals surface area (Å²) in [5, 5.41) is 14.9. The molecule has 0 aliphatic rings. The molecule has 9 nitrogen and oxygen atoms in total. The van der Waals surface area contributed by atoms with E-state index in [1.54, 1.807) is 49.8 Å². The Morgan fingerprint density at radius 1 is 1.12 bits per heavy atom. The van der Waals surface area contributed by atoms with Gasteiger partial charge in [0.05, 0.1) is 4.92 Å². The van der Waals surface area contributed by atoms with Crippen molar-refractivity contribution in [3.63, 3.8) is 0 Å². The van der Waals surface area contributed by atoms with Crippen LogP contribution in [0.5, 0.6) is 11.5 Å². The first-order valence-corrected chi connectivity index (χ1v) is 10.3. The third-order valence-corrected chi connectivity index (χ3v) is 5.23. The molecule has 4 rings (SSSR count). The highest BCUT2D eigenvalue weighted by Crippen LogP contribution is 2.38. The average molecular weight is 446 g/mol. The van der Waals surface area contributed by atoms with Gasteiger partial charge in [0.2, 0.25) is 5.91 Å². The lowest BCUT2D eigenvalue weighted by Crippen LogP contribution is -2.17. The molecule has 2 N–H and O–H groups in total. The van der Waals surface area contributed by atoms with E-state index in [0.717, 1.165) is 0 Å². The van der Waals surface area contributed by atoms with E-state index in [9.17, 15) is 19.7 Å². The lowest BCUT2D eigenvalue weighted by molar-refractivity contribution is -0.384. The summed E-state index contributed by atoms with van der Waals surface area (Å²) >= 11 is 0. The molecule has 2 aromatic heterocycles. The smallest absolute Gasteiger partial charge is 0.274 e. The van der Waals surface area contributed by atoms with Crippen LogP contribution in [0.2, 0.25) is 0 Å². The number of anilines is 1. The maximum atomic E-state index is 12.4. The van der Waals surface area contributed by atoms with Crippen molar-refractivity contribution in [2.75, 3.05) is 5.32 Å². The minimum absolute atomic E-state index is 0.0912. The Labute approximate surface area is 188 Å². The summed E-state index contributed by atoms with van der Waals surface area (Å²) in [6.45, 7) is 3.62. The number of ether oxygens (including phenoxy) is 1. The fourth-order valence-corrected chi connectivity index (χ4v) is 3.43. The Balaban J connectivity index is 1.76. The van der Waals surface area contributed by atoms with Crippen molar-refractivity contribution in [3.8, 4) is 22.6 Å². The number of benzene rings is 2. The summed E-state index contributed by atoms with van der Waals surface area (Å²) in [6.07, 6.45) is 3.28. The number of nitrogens with one attached hydrogen (secondary N) is 2. The van der Waals surface area contributed by atoms with Gasteiger partial charge in [-0.05, 0) is 36.4 Å². The van der Waals surface area contributed by atoms with Crippen molar-refractivity contribution < 1.29 is 14.5 Å². The molecule has 2 aromatic carbocycles. The van der Waals surface area contributed by atoms with Crippen molar-refractivity contribution in [1.82, 2.24) is 9.55 Å². The fraction of sp³-hybridized carbons (Fsp3) is 0.167. The van der Waals surface area contributed by atoms with Crippen molar-refractivity contribution in [1.29, 1.82) is 0 Å². The number of H-pyrrole nitrogens is 1. The Hall–Kier alpha value is -4.40. The molecule has 2 heterocycles. The largest absolute Gasteiger partial charge is 0.457 e. The van der Waals surface area contributed by atoms with Gasteiger partial charge in [0, 0.05) is 59.7 Å². The van der Waals surface area contributed by atoms with Crippen molar-refractivity contribution >= 4 is 28.2 Å². The molecule has 0 aliphatic heterocycles. The number of nitro benzene ring substituents is 1. The van der Waals surface area contributed by atoms with Crippen molar-refractivity contribution in [3.05, 3.63) is 81.4 Å². The van der Waals surface area contributed by atoms with Crippen LogP contribution in [0.25, 0.3) is 22.0 Å². The number of hydrogen-bond donors (Lipinski definition) is 2. The number of aromatic nitrogens is 2. The van der Waals surface area contributed by atoms with E-state index < -0.39 is 4.92 Å². The van der Waals surface area contributed by atoms with E-state index in [0.29, 0.717) is 39.2 Å². The number of non-ortho nitro benzene ring substituents is 1. The first kappa shape index (κ1) is 21.8. The predicted molar refractivity (Wildman–Crippen MR) is 126 cm³/mol.